The molecule has 0 bridgehead atoms. The molecule has 290 valence electrons. The van der Waals surface area contributed by atoms with Crippen molar-refractivity contribution in [2.75, 3.05) is 9.80 Å². The Morgan fingerprint density at radius 2 is 0.667 bits per heavy atom. The van der Waals surface area contributed by atoms with Gasteiger partial charge in [0.2, 0.25) is 0 Å². The van der Waals surface area contributed by atoms with Crippen molar-refractivity contribution in [1.82, 2.24) is 0 Å². The summed E-state index contributed by atoms with van der Waals surface area (Å²) in [4.78, 5) is 4.70. The third-order valence-electron chi connectivity index (χ3n) is 12.9. The van der Waals surface area contributed by atoms with E-state index in [2.05, 4.69) is 233 Å². The number of para-hydroxylation sites is 2. The summed E-state index contributed by atoms with van der Waals surface area (Å²) in [6.45, 7) is 17.6. The van der Waals surface area contributed by atoms with Crippen LogP contribution in [0.15, 0.2) is 195 Å². The number of benzene rings is 8. The van der Waals surface area contributed by atoms with Crippen LogP contribution >= 0.6 is 0 Å². The summed E-state index contributed by atoms with van der Waals surface area (Å²) < 4.78 is 0. The van der Waals surface area contributed by atoms with Crippen LogP contribution in [0.4, 0.5) is 34.1 Å². The van der Waals surface area contributed by atoms with Gasteiger partial charge in [-0.05, 0) is 152 Å². The van der Waals surface area contributed by atoms with Gasteiger partial charge in [-0.15, -0.1) is 0 Å². The molecule has 2 nitrogen and oxygen atoms in total. The van der Waals surface area contributed by atoms with Crippen molar-refractivity contribution in [2.45, 2.75) is 38.5 Å². The molecule has 0 spiro atoms. The highest BCUT2D eigenvalue weighted by atomic mass is 15.1. The topological polar surface area (TPSA) is 6.48 Å². The van der Waals surface area contributed by atoms with E-state index >= 15 is 0 Å². The van der Waals surface area contributed by atoms with E-state index in [-0.39, 0.29) is 10.8 Å². The van der Waals surface area contributed by atoms with Crippen LogP contribution in [-0.2, 0) is 10.8 Å². The molecule has 0 aromatic heterocycles. The second kappa shape index (κ2) is 14.3. The maximum Gasteiger partial charge on any atom is 0.0467 e. The zero-order valence-electron chi connectivity index (χ0n) is 34.8. The molecular weight excluding hydrogens is 725 g/mol. The molecule has 2 aliphatic carbocycles. The van der Waals surface area contributed by atoms with Gasteiger partial charge in [-0.25, -0.2) is 0 Å². The first-order valence-electron chi connectivity index (χ1n) is 20.9. The Hall–Kier alpha value is -7.16. The van der Waals surface area contributed by atoms with Crippen molar-refractivity contribution in [3.63, 3.8) is 0 Å². The molecule has 8 aromatic rings. The highest BCUT2D eigenvalue weighted by Gasteiger charge is 2.38. The fourth-order valence-corrected chi connectivity index (χ4v) is 9.72. The van der Waals surface area contributed by atoms with Crippen molar-refractivity contribution >= 4 is 46.3 Å². The van der Waals surface area contributed by atoms with E-state index in [0.717, 1.165) is 45.3 Å². The number of hydrogen-bond donors (Lipinski definition) is 0. The monoisotopic (exact) mass is 772 g/mol. The van der Waals surface area contributed by atoms with Crippen LogP contribution in [0.1, 0.15) is 61.1 Å². The Bertz CT molecular complexity index is 2770. The lowest BCUT2D eigenvalue weighted by Crippen LogP contribution is -2.17. The molecule has 0 heterocycles. The van der Waals surface area contributed by atoms with Gasteiger partial charge in [0.15, 0.2) is 0 Å². The Labute approximate surface area is 355 Å². The van der Waals surface area contributed by atoms with E-state index in [9.17, 15) is 0 Å². The van der Waals surface area contributed by atoms with Crippen molar-refractivity contribution in [1.29, 1.82) is 0 Å². The molecule has 2 aliphatic rings. The summed E-state index contributed by atoms with van der Waals surface area (Å²) in [5, 5.41) is 0. The van der Waals surface area contributed by atoms with E-state index in [1.807, 2.05) is 12.2 Å². The number of hydrogen-bond acceptors (Lipinski definition) is 2. The minimum Gasteiger partial charge on any atom is -0.310 e. The van der Waals surface area contributed by atoms with Gasteiger partial charge in [-0.1, -0.05) is 150 Å². The Balaban J connectivity index is 1.00. The van der Waals surface area contributed by atoms with E-state index in [1.54, 1.807) is 0 Å². The highest BCUT2D eigenvalue weighted by Crippen LogP contribution is 2.54. The van der Waals surface area contributed by atoms with Gasteiger partial charge in [0.25, 0.3) is 0 Å². The minimum atomic E-state index is -0.194. The standard InChI is InChI=1S/C58H48N2/c1-7-39-17-15-23-45(33-39)59(43-19-11-9-12-20-43)47-27-31-51-49-29-25-41(35-53(49)57(3,4)55(51)37-47)42-26-30-50-52-32-28-48(38-56(52)58(5,6)54(50)36-42)60(44-21-13-10-14-22-44)46-24-16-18-40(8-2)34-46/h7-38H,1-2H2,3-6H3. The molecule has 0 saturated heterocycles. The lowest BCUT2D eigenvalue weighted by Gasteiger charge is -2.28. The lowest BCUT2D eigenvalue weighted by molar-refractivity contribution is 0.659. The van der Waals surface area contributed by atoms with Crippen LogP contribution < -0.4 is 9.80 Å². The SMILES string of the molecule is C=Cc1cccc(N(c2ccccc2)c2ccc3c(c2)C(C)(C)c2cc(-c4ccc5c(c4)C(C)(C)c4cc(N(c6ccccc6)c6cccc(C=C)c6)ccc4-5)ccc2-3)c1. The molecule has 0 saturated carbocycles. The number of fused-ring (bicyclic) bond motifs is 6. The van der Waals surface area contributed by atoms with E-state index in [1.165, 1.54) is 55.6 Å². The van der Waals surface area contributed by atoms with E-state index in [0.29, 0.717) is 0 Å². The maximum atomic E-state index is 4.04. The zero-order valence-corrected chi connectivity index (χ0v) is 34.8. The molecule has 0 amide bonds. The molecule has 0 atom stereocenters. The van der Waals surface area contributed by atoms with Crippen molar-refractivity contribution < 1.29 is 0 Å². The maximum absolute atomic E-state index is 4.04. The number of anilines is 6. The molecule has 0 radical (unpaired) electrons. The lowest BCUT2D eigenvalue weighted by atomic mass is 9.80. The second-order valence-electron chi connectivity index (χ2n) is 17.2. The first-order chi connectivity index (χ1) is 29.1. The third kappa shape index (κ3) is 6.02. The largest absolute Gasteiger partial charge is 0.310 e. The fourth-order valence-electron chi connectivity index (χ4n) is 9.72. The quantitative estimate of drug-likeness (QED) is 0.144. The van der Waals surface area contributed by atoms with Gasteiger partial charge in [0.1, 0.15) is 0 Å². The molecule has 0 N–H and O–H groups in total. The zero-order chi connectivity index (χ0) is 41.2. The normalized spacial score (nSPS) is 13.7. The molecule has 0 fully saturated rings. The first-order valence-corrected chi connectivity index (χ1v) is 20.9. The van der Waals surface area contributed by atoms with Gasteiger partial charge in [0.05, 0.1) is 0 Å². The minimum absolute atomic E-state index is 0.194. The smallest absolute Gasteiger partial charge is 0.0467 e. The highest BCUT2D eigenvalue weighted by molar-refractivity contribution is 5.90. The van der Waals surface area contributed by atoms with Crippen molar-refractivity contribution in [2.24, 2.45) is 0 Å². The van der Waals surface area contributed by atoms with E-state index in [4.69, 9.17) is 0 Å². The van der Waals surface area contributed by atoms with Crippen LogP contribution in [-0.4, -0.2) is 0 Å². The van der Waals surface area contributed by atoms with Gasteiger partial charge in [0, 0.05) is 45.0 Å². The van der Waals surface area contributed by atoms with Crippen LogP contribution in [0, 0.1) is 0 Å². The average Bonchev–Trinajstić information content (AvgIpc) is 3.65. The molecule has 8 aromatic carbocycles. The number of rotatable bonds is 9. The summed E-state index contributed by atoms with van der Waals surface area (Å²) in [5.74, 6) is 0. The van der Waals surface area contributed by atoms with Gasteiger partial charge < -0.3 is 9.80 Å². The molecular formula is C58H48N2. The third-order valence-corrected chi connectivity index (χ3v) is 12.9. The summed E-state index contributed by atoms with van der Waals surface area (Å²) in [6, 6.07) is 66.7. The van der Waals surface area contributed by atoms with E-state index < -0.39 is 0 Å². The number of nitrogens with zero attached hydrogens (tertiary/aromatic N) is 2. The predicted molar refractivity (Wildman–Crippen MR) is 257 cm³/mol. The second-order valence-corrected chi connectivity index (χ2v) is 17.2. The summed E-state index contributed by atoms with van der Waals surface area (Å²) in [7, 11) is 0. The molecule has 10 rings (SSSR count). The molecule has 2 heteroatoms. The fraction of sp³-hybridized carbons (Fsp3) is 0.103. The van der Waals surface area contributed by atoms with Crippen molar-refractivity contribution in [3.05, 3.63) is 229 Å². The average molecular weight is 773 g/mol. The Kier molecular flexibility index (Phi) is 8.84. The summed E-state index contributed by atoms with van der Waals surface area (Å²) >= 11 is 0. The summed E-state index contributed by atoms with van der Waals surface area (Å²) in [6.07, 6.45) is 3.82. The van der Waals surface area contributed by atoms with Gasteiger partial charge in [-0.3, -0.25) is 0 Å². The van der Waals surface area contributed by atoms with Crippen LogP contribution in [0.2, 0.25) is 0 Å². The van der Waals surface area contributed by atoms with Gasteiger partial charge in [-0.2, -0.15) is 0 Å². The molecule has 0 aliphatic heterocycles. The van der Waals surface area contributed by atoms with Crippen LogP contribution in [0.5, 0.6) is 0 Å². The van der Waals surface area contributed by atoms with Crippen molar-refractivity contribution in [3.8, 4) is 33.4 Å². The predicted octanol–water partition coefficient (Wildman–Crippen LogP) is 16.2. The van der Waals surface area contributed by atoms with Crippen LogP contribution in [0.25, 0.3) is 45.5 Å². The van der Waals surface area contributed by atoms with Gasteiger partial charge >= 0.3 is 0 Å². The summed E-state index contributed by atoms with van der Waals surface area (Å²) in [5.41, 5.74) is 21.7. The van der Waals surface area contributed by atoms with Crippen LogP contribution in [0.3, 0.4) is 0 Å². The first kappa shape index (κ1) is 37.1. The Morgan fingerprint density at radius 1 is 0.333 bits per heavy atom. The molecule has 60 heavy (non-hydrogen) atoms. The Morgan fingerprint density at radius 3 is 1.05 bits per heavy atom. The molecule has 0 unspecified atom stereocenters.